The van der Waals surface area contributed by atoms with Gasteiger partial charge in [0.15, 0.2) is 0 Å². The van der Waals surface area contributed by atoms with Crippen molar-refractivity contribution in [3.05, 3.63) is 29.1 Å². The van der Waals surface area contributed by atoms with Crippen LogP contribution in [-0.2, 0) is 21.4 Å². The number of methoxy groups -OCH3 is 1. The molecule has 0 spiro atoms. The fraction of sp³-hybridized carbons (Fsp3) is 0.600. The van der Waals surface area contributed by atoms with Gasteiger partial charge >= 0.3 is 5.97 Å². The van der Waals surface area contributed by atoms with E-state index in [1.807, 2.05) is 0 Å². The molecule has 1 atom stereocenters. The Kier molecular flexibility index (Phi) is 3.42. The van der Waals surface area contributed by atoms with Crippen LogP contribution in [0.3, 0.4) is 0 Å². The summed E-state index contributed by atoms with van der Waals surface area (Å²) in [5.74, 6) is -0.337. The summed E-state index contributed by atoms with van der Waals surface area (Å²) in [6.45, 7) is 6.41. The molecule has 1 heterocycles. The van der Waals surface area contributed by atoms with Gasteiger partial charge in [-0.25, -0.2) is 0 Å². The van der Waals surface area contributed by atoms with E-state index in [-0.39, 0.29) is 17.3 Å². The van der Waals surface area contributed by atoms with Crippen LogP contribution in [0.2, 0.25) is 0 Å². The van der Waals surface area contributed by atoms with Gasteiger partial charge in [0, 0.05) is 11.1 Å². The molecule has 0 fully saturated rings. The number of fused-ring (bicyclic) bond motifs is 1. The molecule has 0 amide bonds. The van der Waals surface area contributed by atoms with E-state index in [9.17, 15) is 4.79 Å². The minimum atomic E-state index is -0.180. The summed E-state index contributed by atoms with van der Waals surface area (Å²) in [6.07, 6.45) is 2.89. The molecule has 1 aliphatic carbocycles. The minimum absolute atomic E-state index is 0.00709. The summed E-state index contributed by atoms with van der Waals surface area (Å²) >= 11 is 0. The summed E-state index contributed by atoms with van der Waals surface area (Å²) in [6, 6.07) is 4.20. The van der Waals surface area contributed by atoms with Gasteiger partial charge in [-0.2, -0.15) is 0 Å². The van der Waals surface area contributed by atoms with Crippen molar-refractivity contribution in [2.45, 2.75) is 51.4 Å². The Labute approximate surface area is 109 Å². The molecule has 0 radical (unpaired) electrons. The molecular formula is C15H21NO2. The summed E-state index contributed by atoms with van der Waals surface area (Å²) in [5.41, 5.74) is 3.18. The monoisotopic (exact) mass is 247 g/mol. The van der Waals surface area contributed by atoms with Crippen LogP contribution in [0, 0.1) is 0 Å². The number of nitrogens with zero attached hydrogens (tertiary/aromatic N) is 1. The SMILES string of the molecule is COC(=O)C1CCCc2ccc(C(C)(C)C)nc21. The second-order valence-corrected chi connectivity index (χ2v) is 5.96. The Hall–Kier alpha value is -1.38. The van der Waals surface area contributed by atoms with E-state index in [1.54, 1.807) is 0 Å². The number of carbonyl (C=O) groups is 1. The van der Waals surface area contributed by atoms with Crippen LogP contribution in [0.15, 0.2) is 12.1 Å². The number of pyridine rings is 1. The smallest absolute Gasteiger partial charge is 0.314 e. The lowest BCUT2D eigenvalue weighted by atomic mass is 9.84. The van der Waals surface area contributed by atoms with Gasteiger partial charge in [-0.15, -0.1) is 0 Å². The zero-order valence-electron chi connectivity index (χ0n) is 11.6. The lowest BCUT2D eigenvalue weighted by Gasteiger charge is -2.26. The van der Waals surface area contributed by atoms with Gasteiger partial charge in [-0.1, -0.05) is 26.8 Å². The molecule has 1 unspecified atom stereocenters. The van der Waals surface area contributed by atoms with Crippen LogP contribution in [0.5, 0.6) is 0 Å². The number of aryl methyl sites for hydroxylation is 1. The third kappa shape index (κ3) is 2.40. The molecule has 1 aromatic heterocycles. The van der Waals surface area contributed by atoms with Crippen LogP contribution in [0.1, 0.15) is 56.5 Å². The van der Waals surface area contributed by atoms with Crippen molar-refractivity contribution in [1.82, 2.24) is 4.98 Å². The van der Waals surface area contributed by atoms with Crippen LogP contribution in [-0.4, -0.2) is 18.1 Å². The van der Waals surface area contributed by atoms with Crippen LogP contribution in [0.25, 0.3) is 0 Å². The molecule has 0 saturated heterocycles. The average Bonchev–Trinajstić information content (AvgIpc) is 2.35. The van der Waals surface area contributed by atoms with Gasteiger partial charge in [-0.05, 0) is 30.9 Å². The van der Waals surface area contributed by atoms with E-state index in [4.69, 9.17) is 9.72 Å². The minimum Gasteiger partial charge on any atom is -0.469 e. The maximum atomic E-state index is 11.8. The zero-order chi connectivity index (χ0) is 13.3. The first-order valence-electron chi connectivity index (χ1n) is 6.51. The number of aromatic nitrogens is 1. The van der Waals surface area contributed by atoms with E-state index in [1.165, 1.54) is 12.7 Å². The third-order valence-corrected chi connectivity index (χ3v) is 3.54. The van der Waals surface area contributed by atoms with Crippen molar-refractivity contribution >= 4 is 5.97 Å². The predicted molar refractivity (Wildman–Crippen MR) is 70.6 cm³/mol. The van der Waals surface area contributed by atoms with Crippen LogP contribution < -0.4 is 0 Å². The first-order chi connectivity index (χ1) is 8.43. The predicted octanol–water partition coefficient (Wildman–Crippen LogP) is 2.97. The summed E-state index contributed by atoms with van der Waals surface area (Å²) in [5, 5.41) is 0. The van der Waals surface area contributed by atoms with E-state index >= 15 is 0 Å². The first kappa shape index (κ1) is 13.1. The highest BCUT2D eigenvalue weighted by Gasteiger charge is 2.30. The average molecular weight is 247 g/mol. The first-order valence-corrected chi connectivity index (χ1v) is 6.51. The topological polar surface area (TPSA) is 39.2 Å². The Morgan fingerprint density at radius 1 is 1.39 bits per heavy atom. The fourth-order valence-corrected chi connectivity index (χ4v) is 2.44. The molecule has 0 N–H and O–H groups in total. The highest BCUT2D eigenvalue weighted by atomic mass is 16.5. The van der Waals surface area contributed by atoms with Gasteiger partial charge in [0.1, 0.15) is 0 Å². The Bertz CT molecular complexity index is 460. The molecule has 0 saturated carbocycles. The number of hydrogen-bond acceptors (Lipinski definition) is 3. The Morgan fingerprint density at radius 2 is 2.11 bits per heavy atom. The Balaban J connectivity index is 2.44. The number of esters is 1. The number of hydrogen-bond donors (Lipinski definition) is 0. The van der Waals surface area contributed by atoms with Crippen molar-refractivity contribution in [2.24, 2.45) is 0 Å². The molecule has 1 aliphatic rings. The normalized spacial score (nSPS) is 19.2. The van der Waals surface area contributed by atoms with Crippen molar-refractivity contribution < 1.29 is 9.53 Å². The van der Waals surface area contributed by atoms with Crippen molar-refractivity contribution in [3.8, 4) is 0 Å². The molecule has 18 heavy (non-hydrogen) atoms. The van der Waals surface area contributed by atoms with Crippen LogP contribution >= 0.6 is 0 Å². The van der Waals surface area contributed by atoms with Crippen molar-refractivity contribution in [3.63, 3.8) is 0 Å². The maximum absolute atomic E-state index is 11.8. The molecule has 1 aromatic rings. The standard InChI is InChI=1S/C15H21NO2/c1-15(2,3)12-9-8-10-6-5-7-11(13(10)16-12)14(17)18-4/h8-9,11H,5-7H2,1-4H3. The fourth-order valence-electron chi connectivity index (χ4n) is 2.44. The van der Waals surface area contributed by atoms with Gasteiger partial charge in [0.05, 0.1) is 18.7 Å². The van der Waals surface area contributed by atoms with Crippen molar-refractivity contribution in [1.29, 1.82) is 0 Å². The molecule has 98 valence electrons. The van der Waals surface area contributed by atoms with Gasteiger partial charge in [-0.3, -0.25) is 9.78 Å². The molecule has 0 bridgehead atoms. The van der Waals surface area contributed by atoms with E-state index in [2.05, 4.69) is 32.9 Å². The Morgan fingerprint density at radius 3 is 2.72 bits per heavy atom. The second-order valence-electron chi connectivity index (χ2n) is 5.96. The van der Waals surface area contributed by atoms with E-state index in [0.29, 0.717) is 0 Å². The van der Waals surface area contributed by atoms with E-state index in [0.717, 1.165) is 30.7 Å². The molecule has 3 nitrogen and oxygen atoms in total. The van der Waals surface area contributed by atoms with Gasteiger partial charge in [0.2, 0.25) is 0 Å². The molecule has 0 aromatic carbocycles. The number of carbonyl (C=O) groups excluding carboxylic acids is 1. The summed E-state index contributed by atoms with van der Waals surface area (Å²) in [4.78, 5) is 16.6. The number of rotatable bonds is 1. The summed E-state index contributed by atoms with van der Waals surface area (Å²) in [7, 11) is 1.45. The highest BCUT2D eigenvalue weighted by Crippen LogP contribution is 2.33. The lowest BCUT2D eigenvalue weighted by Crippen LogP contribution is -2.23. The molecular weight excluding hydrogens is 226 g/mol. The zero-order valence-corrected chi connectivity index (χ0v) is 11.6. The van der Waals surface area contributed by atoms with Gasteiger partial charge < -0.3 is 4.74 Å². The largest absolute Gasteiger partial charge is 0.469 e. The molecule has 0 aliphatic heterocycles. The molecule has 2 rings (SSSR count). The highest BCUT2D eigenvalue weighted by molar-refractivity contribution is 5.78. The third-order valence-electron chi connectivity index (χ3n) is 3.54. The summed E-state index contributed by atoms with van der Waals surface area (Å²) < 4.78 is 4.89. The van der Waals surface area contributed by atoms with Crippen molar-refractivity contribution in [2.75, 3.05) is 7.11 Å². The van der Waals surface area contributed by atoms with Crippen LogP contribution in [0.4, 0.5) is 0 Å². The lowest BCUT2D eigenvalue weighted by molar-refractivity contribution is -0.142. The van der Waals surface area contributed by atoms with E-state index < -0.39 is 0 Å². The molecule has 3 heteroatoms. The quantitative estimate of drug-likeness (QED) is 0.716. The van der Waals surface area contributed by atoms with Gasteiger partial charge in [0.25, 0.3) is 0 Å². The number of ether oxygens (including phenoxy) is 1. The second kappa shape index (κ2) is 4.71. The maximum Gasteiger partial charge on any atom is 0.314 e.